The first-order valence-corrected chi connectivity index (χ1v) is 9.90. The van der Waals surface area contributed by atoms with Crippen molar-refractivity contribution in [3.05, 3.63) is 68.7 Å². The van der Waals surface area contributed by atoms with E-state index in [-0.39, 0.29) is 22.9 Å². The molecule has 0 aliphatic rings. The molecule has 0 fully saturated rings. The number of H-pyrrole nitrogens is 1. The largest absolute Gasteiger partial charge is 0.496 e. The molecule has 2 aromatic carbocycles. The van der Waals surface area contributed by atoms with Crippen molar-refractivity contribution in [2.24, 2.45) is 0 Å². The molecular formula is C20H15ClFN3O3S. The Morgan fingerprint density at radius 3 is 2.69 bits per heavy atom. The van der Waals surface area contributed by atoms with E-state index < -0.39 is 11.4 Å². The quantitative estimate of drug-likeness (QED) is 0.459. The van der Waals surface area contributed by atoms with E-state index in [1.165, 1.54) is 31.0 Å². The predicted octanol–water partition coefficient (Wildman–Crippen LogP) is 4.41. The number of aromatic amines is 1. The second kappa shape index (κ2) is 8.99. The average molecular weight is 432 g/mol. The smallest absolute Gasteiger partial charge is 0.270 e. The van der Waals surface area contributed by atoms with Crippen molar-refractivity contribution in [1.82, 2.24) is 9.97 Å². The van der Waals surface area contributed by atoms with E-state index in [1.54, 1.807) is 24.5 Å². The first-order chi connectivity index (χ1) is 14.0. The third kappa shape index (κ3) is 4.53. The summed E-state index contributed by atoms with van der Waals surface area (Å²) in [6.45, 7) is 0.0723. The van der Waals surface area contributed by atoms with Crippen LogP contribution in [0.4, 0.5) is 4.39 Å². The van der Waals surface area contributed by atoms with E-state index in [2.05, 4.69) is 9.97 Å². The van der Waals surface area contributed by atoms with Gasteiger partial charge in [0.1, 0.15) is 35.6 Å². The van der Waals surface area contributed by atoms with E-state index in [0.717, 1.165) is 6.07 Å². The van der Waals surface area contributed by atoms with Crippen molar-refractivity contribution in [2.75, 3.05) is 13.4 Å². The van der Waals surface area contributed by atoms with Gasteiger partial charge in [-0.05, 0) is 42.7 Å². The highest BCUT2D eigenvalue weighted by molar-refractivity contribution is 7.98. The Hall–Kier alpha value is -3.02. The van der Waals surface area contributed by atoms with Crippen LogP contribution in [0, 0.1) is 17.1 Å². The zero-order chi connectivity index (χ0) is 21.0. The lowest BCUT2D eigenvalue weighted by atomic mass is 10.0. The van der Waals surface area contributed by atoms with Crippen molar-refractivity contribution < 1.29 is 13.9 Å². The first kappa shape index (κ1) is 20.7. The van der Waals surface area contributed by atoms with E-state index in [1.807, 2.05) is 6.07 Å². The minimum Gasteiger partial charge on any atom is -0.496 e. The number of benzene rings is 2. The highest BCUT2D eigenvalue weighted by Gasteiger charge is 2.16. The van der Waals surface area contributed by atoms with Crippen molar-refractivity contribution in [1.29, 1.82) is 5.26 Å². The van der Waals surface area contributed by atoms with Crippen LogP contribution in [0.5, 0.6) is 11.5 Å². The van der Waals surface area contributed by atoms with Crippen LogP contribution in [0.1, 0.15) is 11.1 Å². The maximum atomic E-state index is 13.2. The number of halogens is 2. The van der Waals surface area contributed by atoms with Gasteiger partial charge in [-0.15, -0.1) is 0 Å². The van der Waals surface area contributed by atoms with E-state index >= 15 is 0 Å². The summed E-state index contributed by atoms with van der Waals surface area (Å²) >= 11 is 7.27. The zero-order valence-electron chi connectivity index (χ0n) is 15.5. The highest BCUT2D eigenvalue weighted by atomic mass is 35.5. The number of ether oxygens (including phenoxy) is 2. The van der Waals surface area contributed by atoms with Crippen LogP contribution in [0.3, 0.4) is 0 Å². The van der Waals surface area contributed by atoms with Gasteiger partial charge in [0, 0.05) is 11.1 Å². The molecular weight excluding hydrogens is 417 g/mol. The Balaban J connectivity index is 2.01. The standard InChI is InChI=1S/C20H15ClFN3O3S/c1-27-16-5-3-11(18-14(9-23)19(26)25-20(24-18)29-2)7-12(16)10-28-17-6-4-13(22)8-15(17)21/h3-8H,10H2,1-2H3,(H,24,25,26). The minimum absolute atomic E-state index is 0.0723. The fourth-order valence-electron chi connectivity index (χ4n) is 2.65. The molecule has 29 heavy (non-hydrogen) atoms. The first-order valence-electron chi connectivity index (χ1n) is 8.30. The molecule has 9 heteroatoms. The molecule has 3 rings (SSSR count). The maximum Gasteiger partial charge on any atom is 0.270 e. The van der Waals surface area contributed by atoms with Gasteiger partial charge in [0.2, 0.25) is 0 Å². The summed E-state index contributed by atoms with van der Waals surface area (Å²) in [5.74, 6) is 0.397. The van der Waals surface area contributed by atoms with Crippen LogP contribution in [-0.2, 0) is 6.61 Å². The summed E-state index contributed by atoms with van der Waals surface area (Å²) in [6, 6.07) is 10.9. The molecule has 1 N–H and O–H groups in total. The van der Waals surface area contributed by atoms with Crippen molar-refractivity contribution >= 4 is 23.4 Å². The van der Waals surface area contributed by atoms with Gasteiger partial charge >= 0.3 is 0 Å². The fraction of sp³-hybridized carbons (Fsp3) is 0.150. The topological polar surface area (TPSA) is 88.0 Å². The third-order valence-corrected chi connectivity index (χ3v) is 4.91. The molecule has 0 atom stereocenters. The maximum absolute atomic E-state index is 13.2. The van der Waals surface area contributed by atoms with Crippen LogP contribution >= 0.6 is 23.4 Å². The van der Waals surface area contributed by atoms with Crippen molar-refractivity contribution in [3.63, 3.8) is 0 Å². The summed E-state index contributed by atoms with van der Waals surface area (Å²) in [6.07, 6.45) is 1.77. The van der Waals surface area contributed by atoms with Crippen LogP contribution in [0.25, 0.3) is 11.3 Å². The normalized spacial score (nSPS) is 10.4. The SMILES string of the molecule is COc1ccc(-c2nc(SC)[nH]c(=O)c2C#N)cc1COc1ccc(F)cc1Cl. The van der Waals surface area contributed by atoms with Gasteiger partial charge in [-0.25, -0.2) is 9.37 Å². The van der Waals surface area contributed by atoms with Crippen LogP contribution in [-0.4, -0.2) is 23.3 Å². The number of nitriles is 1. The van der Waals surface area contributed by atoms with Crippen LogP contribution in [0.15, 0.2) is 46.3 Å². The third-order valence-electron chi connectivity index (χ3n) is 4.03. The van der Waals surface area contributed by atoms with Crippen molar-refractivity contribution in [3.8, 4) is 28.8 Å². The number of rotatable bonds is 6. The molecule has 0 aliphatic heterocycles. The summed E-state index contributed by atoms with van der Waals surface area (Å²) in [5, 5.41) is 9.93. The predicted molar refractivity (Wildman–Crippen MR) is 109 cm³/mol. The molecule has 0 saturated heterocycles. The Kier molecular flexibility index (Phi) is 6.42. The van der Waals surface area contributed by atoms with E-state index in [9.17, 15) is 14.4 Å². The number of hydrogen-bond acceptors (Lipinski definition) is 6. The molecule has 3 aromatic rings. The number of nitrogens with one attached hydrogen (secondary N) is 1. The molecule has 0 unspecified atom stereocenters. The van der Waals surface area contributed by atoms with Gasteiger partial charge in [-0.2, -0.15) is 5.26 Å². The number of nitrogens with zero attached hydrogens (tertiary/aromatic N) is 2. The van der Waals surface area contributed by atoms with Gasteiger partial charge in [-0.3, -0.25) is 4.79 Å². The molecule has 1 aromatic heterocycles. The monoisotopic (exact) mass is 431 g/mol. The molecule has 0 radical (unpaired) electrons. The summed E-state index contributed by atoms with van der Waals surface area (Å²) in [4.78, 5) is 19.1. The molecule has 6 nitrogen and oxygen atoms in total. The summed E-state index contributed by atoms with van der Waals surface area (Å²) in [7, 11) is 1.52. The lowest BCUT2D eigenvalue weighted by Crippen LogP contribution is -2.14. The summed E-state index contributed by atoms with van der Waals surface area (Å²) < 4.78 is 24.3. The lowest BCUT2D eigenvalue weighted by molar-refractivity contribution is 0.296. The Morgan fingerprint density at radius 1 is 1.28 bits per heavy atom. The molecule has 0 spiro atoms. The van der Waals surface area contributed by atoms with Crippen molar-refractivity contribution in [2.45, 2.75) is 11.8 Å². The van der Waals surface area contributed by atoms with E-state index in [4.69, 9.17) is 21.1 Å². The van der Waals surface area contributed by atoms with Gasteiger partial charge in [0.25, 0.3) is 5.56 Å². The van der Waals surface area contributed by atoms with Crippen LogP contribution in [0.2, 0.25) is 5.02 Å². The molecule has 148 valence electrons. The summed E-state index contributed by atoms with van der Waals surface area (Å²) in [5.41, 5.74) is 0.883. The number of hydrogen-bond donors (Lipinski definition) is 1. The average Bonchev–Trinajstić information content (AvgIpc) is 2.72. The highest BCUT2D eigenvalue weighted by Crippen LogP contribution is 2.30. The molecule has 0 bridgehead atoms. The lowest BCUT2D eigenvalue weighted by Gasteiger charge is -2.13. The Labute approximate surface area is 175 Å². The van der Waals surface area contributed by atoms with E-state index in [0.29, 0.717) is 27.8 Å². The zero-order valence-corrected chi connectivity index (χ0v) is 17.0. The molecule has 0 saturated carbocycles. The van der Waals surface area contributed by atoms with Gasteiger partial charge in [0.05, 0.1) is 17.8 Å². The van der Waals surface area contributed by atoms with Gasteiger partial charge in [0.15, 0.2) is 5.16 Å². The molecule has 0 aliphatic carbocycles. The van der Waals surface area contributed by atoms with Gasteiger partial charge in [-0.1, -0.05) is 23.4 Å². The Bertz CT molecular complexity index is 1160. The van der Waals surface area contributed by atoms with Crippen LogP contribution < -0.4 is 15.0 Å². The number of methoxy groups -OCH3 is 1. The second-order valence-electron chi connectivity index (χ2n) is 5.80. The number of aromatic nitrogens is 2. The second-order valence-corrected chi connectivity index (χ2v) is 7.00. The van der Waals surface area contributed by atoms with Gasteiger partial charge < -0.3 is 14.5 Å². The fourth-order valence-corrected chi connectivity index (χ4v) is 3.25. The molecule has 0 amide bonds. The number of thioether (sulfide) groups is 1. The Morgan fingerprint density at radius 2 is 2.03 bits per heavy atom. The minimum atomic E-state index is -0.506. The molecule has 1 heterocycles.